The Balaban J connectivity index is 2.01. The van der Waals surface area contributed by atoms with Crippen LogP contribution < -0.4 is 5.32 Å². The number of hydrogen-bond acceptors (Lipinski definition) is 2. The molecule has 0 saturated heterocycles. The fourth-order valence-electron chi connectivity index (χ4n) is 2.46. The molecule has 0 aliphatic heterocycles. The summed E-state index contributed by atoms with van der Waals surface area (Å²) in [5.41, 5.74) is 3.90. The molecular formula is C19H25NO. The monoisotopic (exact) mass is 283 g/mol. The van der Waals surface area contributed by atoms with Crippen LogP contribution in [0.15, 0.2) is 54.6 Å². The van der Waals surface area contributed by atoms with Crippen LogP contribution in [0.4, 0.5) is 0 Å². The van der Waals surface area contributed by atoms with E-state index in [4.69, 9.17) is 4.74 Å². The molecule has 2 aromatic rings. The van der Waals surface area contributed by atoms with Gasteiger partial charge in [-0.3, -0.25) is 0 Å². The Kier molecular flexibility index (Phi) is 5.97. The van der Waals surface area contributed by atoms with E-state index in [0.29, 0.717) is 12.0 Å². The highest BCUT2D eigenvalue weighted by Gasteiger charge is 2.13. The Morgan fingerprint density at radius 1 is 0.905 bits per heavy atom. The van der Waals surface area contributed by atoms with Crippen molar-refractivity contribution in [3.05, 3.63) is 60.2 Å². The first-order chi connectivity index (χ1) is 10.2. The van der Waals surface area contributed by atoms with Crippen LogP contribution in [0.2, 0.25) is 0 Å². The van der Waals surface area contributed by atoms with Crippen LogP contribution in [0.3, 0.4) is 0 Å². The SMILES string of the molecule is COCCNC(C)C(C)c1ccc(-c2ccccc2)cc1. The summed E-state index contributed by atoms with van der Waals surface area (Å²) in [5, 5.41) is 3.50. The number of ether oxygens (including phenoxy) is 1. The van der Waals surface area contributed by atoms with Crippen LogP contribution in [0, 0.1) is 0 Å². The van der Waals surface area contributed by atoms with Crippen LogP contribution in [-0.2, 0) is 4.74 Å². The van der Waals surface area contributed by atoms with Crippen molar-refractivity contribution in [2.24, 2.45) is 0 Å². The molecule has 0 aliphatic carbocycles. The van der Waals surface area contributed by atoms with Gasteiger partial charge in [-0.05, 0) is 29.5 Å². The van der Waals surface area contributed by atoms with Crippen LogP contribution in [-0.4, -0.2) is 26.3 Å². The summed E-state index contributed by atoms with van der Waals surface area (Å²) in [5.74, 6) is 0.478. The number of rotatable bonds is 7. The van der Waals surface area contributed by atoms with Crippen molar-refractivity contribution in [1.82, 2.24) is 5.32 Å². The van der Waals surface area contributed by atoms with Crippen molar-refractivity contribution in [3.63, 3.8) is 0 Å². The van der Waals surface area contributed by atoms with Crippen molar-refractivity contribution in [2.75, 3.05) is 20.3 Å². The fourth-order valence-corrected chi connectivity index (χ4v) is 2.46. The molecule has 2 atom stereocenters. The molecule has 0 heterocycles. The predicted octanol–water partition coefficient (Wildman–Crippen LogP) is 4.08. The molecule has 0 fully saturated rings. The van der Waals surface area contributed by atoms with E-state index in [-0.39, 0.29) is 0 Å². The van der Waals surface area contributed by atoms with E-state index in [1.165, 1.54) is 16.7 Å². The number of nitrogens with one attached hydrogen (secondary N) is 1. The summed E-state index contributed by atoms with van der Waals surface area (Å²) in [6, 6.07) is 19.8. The molecule has 2 rings (SSSR count). The second-order valence-corrected chi connectivity index (χ2v) is 5.51. The van der Waals surface area contributed by atoms with Crippen LogP contribution >= 0.6 is 0 Å². The minimum atomic E-state index is 0.433. The minimum Gasteiger partial charge on any atom is -0.383 e. The molecule has 2 heteroatoms. The first kappa shape index (κ1) is 15.7. The van der Waals surface area contributed by atoms with Crippen molar-refractivity contribution in [1.29, 1.82) is 0 Å². The third kappa shape index (κ3) is 4.42. The van der Waals surface area contributed by atoms with E-state index in [1.54, 1.807) is 7.11 Å². The molecule has 1 N–H and O–H groups in total. The van der Waals surface area contributed by atoms with Crippen LogP contribution in [0.25, 0.3) is 11.1 Å². The standard InChI is InChI=1S/C19H25NO/c1-15(16(2)20-13-14-21-3)17-9-11-19(12-10-17)18-7-5-4-6-8-18/h4-12,15-16,20H,13-14H2,1-3H3. The topological polar surface area (TPSA) is 21.3 Å². The largest absolute Gasteiger partial charge is 0.383 e. The van der Waals surface area contributed by atoms with Gasteiger partial charge in [-0.2, -0.15) is 0 Å². The number of hydrogen-bond donors (Lipinski definition) is 1. The maximum atomic E-state index is 5.08. The summed E-state index contributed by atoms with van der Waals surface area (Å²) in [6.45, 7) is 6.14. The number of methoxy groups -OCH3 is 1. The molecule has 0 spiro atoms. The zero-order valence-corrected chi connectivity index (χ0v) is 13.2. The Hall–Kier alpha value is -1.64. The lowest BCUT2D eigenvalue weighted by Crippen LogP contribution is -2.33. The summed E-state index contributed by atoms with van der Waals surface area (Å²) in [6.07, 6.45) is 0. The molecule has 21 heavy (non-hydrogen) atoms. The molecule has 0 radical (unpaired) electrons. The van der Waals surface area contributed by atoms with E-state index in [1.807, 2.05) is 6.07 Å². The molecule has 2 nitrogen and oxygen atoms in total. The van der Waals surface area contributed by atoms with Gasteiger partial charge in [-0.15, -0.1) is 0 Å². The van der Waals surface area contributed by atoms with Gasteiger partial charge in [-0.1, -0.05) is 61.5 Å². The lowest BCUT2D eigenvalue weighted by Gasteiger charge is -2.22. The van der Waals surface area contributed by atoms with Crippen molar-refractivity contribution in [3.8, 4) is 11.1 Å². The molecule has 0 aliphatic rings. The van der Waals surface area contributed by atoms with Gasteiger partial charge in [0.15, 0.2) is 0 Å². The molecule has 0 aromatic heterocycles. The van der Waals surface area contributed by atoms with E-state index in [2.05, 4.69) is 67.7 Å². The fraction of sp³-hybridized carbons (Fsp3) is 0.368. The summed E-state index contributed by atoms with van der Waals surface area (Å²) in [4.78, 5) is 0. The minimum absolute atomic E-state index is 0.433. The number of benzene rings is 2. The second-order valence-electron chi connectivity index (χ2n) is 5.51. The van der Waals surface area contributed by atoms with Crippen molar-refractivity contribution in [2.45, 2.75) is 25.8 Å². The first-order valence-electron chi connectivity index (χ1n) is 7.60. The van der Waals surface area contributed by atoms with Gasteiger partial charge in [-0.25, -0.2) is 0 Å². The highest BCUT2D eigenvalue weighted by molar-refractivity contribution is 5.63. The van der Waals surface area contributed by atoms with Gasteiger partial charge in [0.2, 0.25) is 0 Å². The Morgan fingerprint density at radius 3 is 2.14 bits per heavy atom. The third-order valence-electron chi connectivity index (χ3n) is 4.07. The summed E-state index contributed by atoms with van der Waals surface area (Å²) >= 11 is 0. The second kappa shape index (κ2) is 7.96. The van der Waals surface area contributed by atoms with Crippen LogP contribution in [0.1, 0.15) is 25.3 Å². The summed E-state index contributed by atoms with van der Waals surface area (Å²) < 4.78 is 5.08. The third-order valence-corrected chi connectivity index (χ3v) is 4.07. The first-order valence-corrected chi connectivity index (χ1v) is 7.60. The van der Waals surface area contributed by atoms with Gasteiger partial charge in [0, 0.05) is 19.7 Å². The Morgan fingerprint density at radius 2 is 1.52 bits per heavy atom. The van der Waals surface area contributed by atoms with E-state index < -0.39 is 0 Å². The molecule has 2 unspecified atom stereocenters. The Bertz CT molecular complexity index is 521. The molecule has 0 saturated carbocycles. The highest BCUT2D eigenvalue weighted by atomic mass is 16.5. The average molecular weight is 283 g/mol. The summed E-state index contributed by atoms with van der Waals surface area (Å²) in [7, 11) is 1.73. The lowest BCUT2D eigenvalue weighted by atomic mass is 9.92. The molecule has 0 bridgehead atoms. The lowest BCUT2D eigenvalue weighted by molar-refractivity contribution is 0.195. The molecule has 112 valence electrons. The van der Waals surface area contributed by atoms with Crippen LogP contribution in [0.5, 0.6) is 0 Å². The average Bonchev–Trinajstić information content (AvgIpc) is 2.55. The van der Waals surface area contributed by atoms with Gasteiger partial charge >= 0.3 is 0 Å². The van der Waals surface area contributed by atoms with Gasteiger partial charge < -0.3 is 10.1 Å². The zero-order chi connectivity index (χ0) is 15.1. The van der Waals surface area contributed by atoms with Gasteiger partial charge in [0.25, 0.3) is 0 Å². The van der Waals surface area contributed by atoms with E-state index >= 15 is 0 Å². The van der Waals surface area contributed by atoms with E-state index in [9.17, 15) is 0 Å². The van der Waals surface area contributed by atoms with E-state index in [0.717, 1.165) is 13.2 Å². The van der Waals surface area contributed by atoms with Crippen molar-refractivity contribution >= 4 is 0 Å². The quantitative estimate of drug-likeness (QED) is 0.773. The smallest absolute Gasteiger partial charge is 0.0587 e. The normalized spacial score (nSPS) is 13.9. The zero-order valence-electron chi connectivity index (χ0n) is 13.2. The molecule has 2 aromatic carbocycles. The maximum absolute atomic E-state index is 5.08. The molecule has 0 amide bonds. The molecular weight excluding hydrogens is 258 g/mol. The highest BCUT2D eigenvalue weighted by Crippen LogP contribution is 2.24. The Labute approximate surface area is 128 Å². The maximum Gasteiger partial charge on any atom is 0.0587 e. The van der Waals surface area contributed by atoms with Crippen molar-refractivity contribution < 1.29 is 4.74 Å². The van der Waals surface area contributed by atoms with Gasteiger partial charge in [0.05, 0.1) is 6.61 Å². The predicted molar refractivity (Wildman–Crippen MR) is 89.6 cm³/mol. The van der Waals surface area contributed by atoms with Gasteiger partial charge in [0.1, 0.15) is 0 Å².